The summed E-state index contributed by atoms with van der Waals surface area (Å²) < 4.78 is 18.9. The van der Waals surface area contributed by atoms with Crippen molar-refractivity contribution in [1.82, 2.24) is 4.90 Å². The van der Waals surface area contributed by atoms with Crippen LogP contribution < -0.4 is 5.73 Å². The molecule has 0 aromatic carbocycles. The van der Waals surface area contributed by atoms with Crippen LogP contribution >= 0.6 is 7.82 Å². The Labute approximate surface area is 115 Å². The van der Waals surface area contributed by atoms with Gasteiger partial charge in [-0.15, -0.1) is 0 Å². The van der Waals surface area contributed by atoms with Crippen LogP contribution in [0, 0.1) is 0 Å². The van der Waals surface area contributed by atoms with Gasteiger partial charge in [0.2, 0.25) is 0 Å². The van der Waals surface area contributed by atoms with Gasteiger partial charge in [-0.1, -0.05) is 34.1 Å². The van der Waals surface area contributed by atoms with E-state index in [1.165, 1.54) is 19.6 Å². The number of nitrogens with two attached hydrogens (primary N) is 1. The van der Waals surface area contributed by atoms with Gasteiger partial charge in [-0.3, -0.25) is 9.42 Å². The fourth-order valence-corrected chi connectivity index (χ4v) is 1.78. The molecule has 1 atom stereocenters. The Balaban J connectivity index is 0. The fraction of sp³-hybridized carbons (Fsp3) is 0.909. The third-order valence-corrected chi connectivity index (χ3v) is 3.22. The molecule has 0 aliphatic heterocycles. The molecule has 0 fully saturated rings. The number of unbranched alkanes of at least 4 members (excludes halogenated alkanes) is 1. The smallest absolute Gasteiger partial charge is 0.354 e. The monoisotopic (exact) mass is 298 g/mol. The van der Waals surface area contributed by atoms with Crippen molar-refractivity contribution < 1.29 is 23.3 Å². The quantitative estimate of drug-likeness (QED) is 0.527. The van der Waals surface area contributed by atoms with Gasteiger partial charge in [0.1, 0.15) is 0 Å². The summed E-state index contributed by atoms with van der Waals surface area (Å²) in [5, 5.41) is 0. The molecule has 0 aromatic heterocycles. The molecule has 19 heavy (non-hydrogen) atoms. The molecule has 0 saturated carbocycles. The minimum Gasteiger partial charge on any atom is -0.354 e. The van der Waals surface area contributed by atoms with Crippen LogP contribution in [0.25, 0.3) is 0 Å². The van der Waals surface area contributed by atoms with E-state index < -0.39 is 13.9 Å². The average Bonchev–Trinajstić information content (AvgIpc) is 2.30. The third-order valence-electron chi connectivity index (χ3n) is 2.30. The minimum atomic E-state index is -4.25. The Hall–Kier alpha value is -0.620. The van der Waals surface area contributed by atoms with Crippen LogP contribution in [-0.4, -0.2) is 42.1 Å². The van der Waals surface area contributed by atoms with Crippen molar-refractivity contribution >= 4 is 13.9 Å². The van der Waals surface area contributed by atoms with E-state index in [9.17, 15) is 9.36 Å². The van der Waals surface area contributed by atoms with Gasteiger partial charge < -0.3 is 15.2 Å². The number of hydrogen-bond donors (Lipinski definition) is 2. The summed E-state index contributed by atoms with van der Waals surface area (Å²) in [6, 6.07) is 0. The maximum Gasteiger partial charge on any atom is 0.530 e. The number of phosphoric ester groups is 1. The van der Waals surface area contributed by atoms with Crippen molar-refractivity contribution in [1.29, 1.82) is 0 Å². The van der Waals surface area contributed by atoms with Crippen molar-refractivity contribution in [2.45, 2.75) is 40.5 Å². The van der Waals surface area contributed by atoms with Crippen LogP contribution in [-0.2, 0) is 13.6 Å². The van der Waals surface area contributed by atoms with Crippen molar-refractivity contribution in [2.75, 3.05) is 26.2 Å². The average molecular weight is 298 g/mol. The van der Waals surface area contributed by atoms with Crippen LogP contribution in [0.4, 0.5) is 4.79 Å². The largest absolute Gasteiger partial charge is 0.530 e. The first-order valence-corrected chi connectivity index (χ1v) is 8.01. The summed E-state index contributed by atoms with van der Waals surface area (Å²) in [5.41, 5.74) is 4.51. The lowest BCUT2D eigenvalue weighted by molar-refractivity contribution is 0.158. The van der Waals surface area contributed by atoms with Crippen molar-refractivity contribution in [2.24, 2.45) is 5.73 Å². The molecule has 3 N–H and O–H groups in total. The van der Waals surface area contributed by atoms with Gasteiger partial charge in [0.25, 0.3) is 0 Å². The second-order valence-corrected chi connectivity index (χ2v) is 5.06. The number of hydrogen-bond acceptors (Lipinski definition) is 5. The maximum absolute atomic E-state index is 10.7. The highest BCUT2D eigenvalue weighted by Gasteiger charge is 2.23. The molecule has 1 unspecified atom stereocenters. The van der Waals surface area contributed by atoms with Crippen molar-refractivity contribution in [3.63, 3.8) is 0 Å². The fourth-order valence-electron chi connectivity index (χ4n) is 1.14. The van der Waals surface area contributed by atoms with E-state index in [1.807, 2.05) is 6.92 Å². The molecule has 1 amide bonds. The highest BCUT2D eigenvalue weighted by atomic mass is 31.2. The summed E-state index contributed by atoms with van der Waals surface area (Å²) in [5.74, 6) is 0. The van der Waals surface area contributed by atoms with Crippen LogP contribution in [0.2, 0.25) is 0 Å². The Kier molecular flexibility index (Phi) is 13.5. The third kappa shape index (κ3) is 15.3. The van der Waals surface area contributed by atoms with Crippen molar-refractivity contribution in [3.05, 3.63) is 0 Å². The van der Waals surface area contributed by atoms with Crippen LogP contribution in [0.3, 0.4) is 0 Å². The van der Waals surface area contributed by atoms with Gasteiger partial charge in [0.15, 0.2) is 0 Å². The lowest BCUT2D eigenvalue weighted by Crippen LogP contribution is -2.21. The molecule has 0 aliphatic rings. The Morgan fingerprint density at radius 3 is 1.95 bits per heavy atom. The Morgan fingerprint density at radius 2 is 1.68 bits per heavy atom. The lowest BCUT2D eigenvalue weighted by Gasteiger charge is -2.13. The second-order valence-electron chi connectivity index (χ2n) is 3.69. The van der Waals surface area contributed by atoms with Crippen molar-refractivity contribution in [3.8, 4) is 0 Å². The van der Waals surface area contributed by atoms with Crippen LogP contribution in [0.15, 0.2) is 0 Å². The summed E-state index contributed by atoms with van der Waals surface area (Å²) in [6.07, 6.45) is 0.112. The molecule has 0 spiro atoms. The highest BCUT2D eigenvalue weighted by Crippen LogP contribution is 2.42. The van der Waals surface area contributed by atoms with Gasteiger partial charge in [-0.2, -0.15) is 0 Å². The van der Waals surface area contributed by atoms with Crippen LogP contribution in [0.5, 0.6) is 0 Å². The first-order chi connectivity index (χ1) is 8.82. The molecule has 0 rings (SSSR count). The number of nitrogens with zero attached hydrogens (tertiary/aromatic N) is 1. The zero-order valence-electron chi connectivity index (χ0n) is 12.3. The first kappa shape index (κ1) is 20.7. The first-order valence-electron chi connectivity index (χ1n) is 6.51. The van der Waals surface area contributed by atoms with Gasteiger partial charge in [-0.05, 0) is 26.1 Å². The van der Waals surface area contributed by atoms with Gasteiger partial charge >= 0.3 is 13.9 Å². The molecule has 0 saturated heterocycles. The topological polar surface area (TPSA) is 102 Å². The molecule has 116 valence electrons. The maximum atomic E-state index is 10.7. The molecule has 0 heterocycles. The number of rotatable bonds is 8. The van der Waals surface area contributed by atoms with Gasteiger partial charge in [-0.25, -0.2) is 9.36 Å². The van der Waals surface area contributed by atoms with E-state index in [-0.39, 0.29) is 6.61 Å². The van der Waals surface area contributed by atoms with Crippen LogP contribution in [0.1, 0.15) is 40.5 Å². The predicted molar refractivity (Wildman–Crippen MR) is 74.8 cm³/mol. The Morgan fingerprint density at radius 1 is 1.21 bits per heavy atom. The molecule has 0 aliphatic carbocycles. The molecule has 7 nitrogen and oxygen atoms in total. The number of primary amides is 1. The Bertz CT molecular complexity index is 266. The zero-order valence-corrected chi connectivity index (χ0v) is 13.2. The summed E-state index contributed by atoms with van der Waals surface area (Å²) >= 11 is 0. The molecule has 0 aromatic rings. The van der Waals surface area contributed by atoms with E-state index in [0.717, 1.165) is 6.42 Å². The normalized spacial score (nSPS) is 13.4. The van der Waals surface area contributed by atoms with E-state index >= 15 is 0 Å². The summed E-state index contributed by atoms with van der Waals surface area (Å²) in [7, 11) is -4.25. The van der Waals surface area contributed by atoms with Gasteiger partial charge in [0, 0.05) is 0 Å². The number of carbonyl (C=O) groups excluding carboxylic acids is 1. The molecule has 0 radical (unpaired) electrons. The number of amides is 1. The highest BCUT2D eigenvalue weighted by molar-refractivity contribution is 7.48. The lowest BCUT2D eigenvalue weighted by atomic mass is 10.4. The van der Waals surface area contributed by atoms with E-state index in [1.54, 1.807) is 0 Å². The standard InChI is InChI=1S/C6H15N.C5H12NO5P/c1-4-7(5-2)6-3;1-2-3-4-10-12(8,9)11-5(6)7/h4-6H2,1-3H3;2-4H2,1H3,(H2,6,7)(H,8,9). The molecular weight excluding hydrogens is 271 g/mol. The number of carbonyl (C=O) groups is 1. The zero-order chi connectivity index (χ0) is 15.3. The molecule has 0 bridgehead atoms. The van der Waals surface area contributed by atoms with E-state index in [0.29, 0.717) is 6.42 Å². The number of phosphoric acid groups is 1. The van der Waals surface area contributed by atoms with E-state index in [2.05, 4.69) is 40.5 Å². The second kappa shape index (κ2) is 12.4. The minimum absolute atomic E-state index is 0.0670. The molecule has 8 heteroatoms. The summed E-state index contributed by atoms with van der Waals surface area (Å²) in [6.45, 7) is 12.1. The molecular formula is C11H27N2O5P. The van der Waals surface area contributed by atoms with E-state index in [4.69, 9.17) is 4.89 Å². The summed E-state index contributed by atoms with van der Waals surface area (Å²) in [4.78, 5) is 21.1. The van der Waals surface area contributed by atoms with Gasteiger partial charge in [0.05, 0.1) is 6.61 Å². The predicted octanol–water partition coefficient (Wildman–Crippen LogP) is 2.35. The SMILES string of the molecule is CCCCOP(=O)(O)OC(N)=O.CCN(CC)CC.